The first kappa shape index (κ1) is 25.6. The van der Waals surface area contributed by atoms with Crippen LogP contribution in [0, 0.1) is 18.7 Å². The van der Waals surface area contributed by atoms with Gasteiger partial charge in [-0.15, -0.1) is 0 Å². The van der Waals surface area contributed by atoms with Crippen molar-refractivity contribution in [3.8, 4) is 11.5 Å². The second kappa shape index (κ2) is 11.1. The Hall–Kier alpha value is -3.49. The number of hydrogen-bond donors (Lipinski definition) is 2. The van der Waals surface area contributed by atoms with E-state index in [1.165, 1.54) is 12.1 Å². The number of rotatable bonds is 12. The molecule has 0 spiro atoms. The number of benzene rings is 1. The number of anilines is 1. The number of nitrogens with one attached hydrogen (secondary N) is 1. The molecule has 0 aliphatic heterocycles. The number of nitrogens with zero attached hydrogens (tertiary/aromatic N) is 2. The molecule has 36 heavy (non-hydrogen) atoms. The minimum absolute atomic E-state index is 0.0508. The van der Waals surface area contributed by atoms with Crippen molar-refractivity contribution < 1.29 is 28.1 Å². The molecule has 2 heterocycles. The molecule has 4 rings (SSSR count). The molecule has 0 radical (unpaired) electrons. The molecule has 1 atom stereocenters. The molecule has 0 unspecified atom stereocenters. The van der Waals surface area contributed by atoms with Crippen molar-refractivity contribution in [2.45, 2.75) is 77.6 Å². The number of carbonyl (C=O) groups excluding carboxylic acids is 1. The summed E-state index contributed by atoms with van der Waals surface area (Å²) in [6.07, 6.45) is 3.65. The Morgan fingerprint density at radius 3 is 2.61 bits per heavy atom. The first-order valence-corrected chi connectivity index (χ1v) is 12.4. The van der Waals surface area contributed by atoms with E-state index in [0.29, 0.717) is 23.1 Å². The van der Waals surface area contributed by atoms with Gasteiger partial charge in [0.05, 0.1) is 11.4 Å². The van der Waals surface area contributed by atoms with Crippen LogP contribution < -0.4 is 5.32 Å². The van der Waals surface area contributed by atoms with Gasteiger partial charge in [-0.05, 0) is 62.1 Å². The van der Waals surface area contributed by atoms with Crippen LogP contribution in [-0.4, -0.2) is 27.3 Å². The van der Waals surface area contributed by atoms with Crippen LogP contribution >= 0.6 is 0 Å². The Morgan fingerprint density at radius 1 is 1.17 bits per heavy atom. The van der Waals surface area contributed by atoms with E-state index < -0.39 is 23.6 Å². The molecule has 3 aromatic rings. The van der Waals surface area contributed by atoms with Gasteiger partial charge in [0.2, 0.25) is 5.91 Å². The predicted octanol–water partition coefficient (Wildman–Crippen LogP) is 6.22. The monoisotopic (exact) mass is 497 g/mol. The lowest BCUT2D eigenvalue weighted by molar-refractivity contribution is -0.137. The average Bonchev–Trinajstić information content (AvgIpc) is 3.37. The van der Waals surface area contributed by atoms with Crippen molar-refractivity contribution >= 4 is 17.6 Å². The number of aryl methyl sites for hydroxylation is 2. The van der Waals surface area contributed by atoms with Crippen LogP contribution in [-0.2, 0) is 16.0 Å². The zero-order valence-corrected chi connectivity index (χ0v) is 20.8. The molecule has 1 saturated carbocycles. The normalized spacial score (nSPS) is 14.2. The lowest BCUT2D eigenvalue weighted by atomic mass is 9.90. The Balaban J connectivity index is 1.58. The molecule has 8 nitrogen and oxygen atoms in total. The Morgan fingerprint density at radius 2 is 1.94 bits per heavy atom. The molecule has 1 fully saturated rings. The lowest BCUT2D eigenvalue weighted by Crippen LogP contribution is -2.18. The van der Waals surface area contributed by atoms with E-state index in [-0.39, 0.29) is 30.9 Å². The number of carboxylic acids is 1. The summed E-state index contributed by atoms with van der Waals surface area (Å²) in [5.74, 6) is -0.390. The van der Waals surface area contributed by atoms with Gasteiger partial charge in [-0.1, -0.05) is 30.2 Å². The second-order valence-corrected chi connectivity index (χ2v) is 10.1. The highest BCUT2D eigenvalue weighted by molar-refractivity contribution is 5.91. The fourth-order valence-corrected chi connectivity index (χ4v) is 4.30. The van der Waals surface area contributed by atoms with Crippen molar-refractivity contribution in [3.63, 3.8) is 0 Å². The number of carboxylic acid groups (broad SMARTS) is 1. The average molecular weight is 498 g/mol. The highest BCUT2D eigenvalue weighted by Gasteiger charge is 2.37. The van der Waals surface area contributed by atoms with Gasteiger partial charge < -0.3 is 19.5 Å². The number of halogens is 1. The zero-order chi connectivity index (χ0) is 25.8. The predicted molar refractivity (Wildman–Crippen MR) is 131 cm³/mol. The number of amides is 1. The van der Waals surface area contributed by atoms with Crippen LogP contribution in [0.5, 0.6) is 0 Å². The van der Waals surface area contributed by atoms with Gasteiger partial charge in [0.1, 0.15) is 11.6 Å². The Bertz CT molecular complexity index is 1230. The van der Waals surface area contributed by atoms with Crippen molar-refractivity contribution in [1.82, 2.24) is 10.3 Å². The minimum Gasteiger partial charge on any atom is -0.481 e. The van der Waals surface area contributed by atoms with Crippen LogP contribution in [0.25, 0.3) is 11.5 Å². The number of hydrogen-bond acceptors (Lipinski definition) is 6. The maximum absolute atomic E-state index is 14.3. The highest BCUT2D eigenvalue weighted by atomic mass is 19.1. The van der Waals surface area contributed by atoms with E-state index in [1.54, 1.807) is 13.0 Å². The summed E-state index contributed by atoms with van der Waals surface area (Å²) in [6.45, 7) is 6.05. The summed E-state index contributed by atoms with van der Waals surface area (Å²) in [6, 6.07) is 6.43. The van der Waals surface area contributed by atoms with Gasteiger partial charge in [0, 0.05) is 36.8 Å². The van der Waals surface area contributed by atoms with Gasteiger partial charge in [-0.2, -0.15) is 0 Å². The van der Waals surface area contributed by atoms with Gasteiger partial charge in [-0.3, -0.25) is 9.59 Å². The van der Waals surface area contributed by atoms with E-state index in [9.17, 15) is 19.1 Å². The van der Waals surface area contributed by atoms with Crippen molar-refractivity contribution in [2.75, 3.05) is 5.32 Å². The lowest BCUT2D eigenvalue weighted by Gasteiger charge is -2.15. The molecule has 1 aliphatic carbocycles. The SMILES string of the molecule is Cc1ccc(NC(=O)C[C@H](CCC(=O)O)c2noc(-c3cc(CCC(C)C)on3)c2C2CC2)c(F)c1. The van der Waals surface area contributed by atoms with Crippen molar-refractivity contribution in [3.05, 3.63) is 52.7 Å². The smallest absolute Gasteiger partial charge is 0.303 e. The van der Waals surface area contributed by atoms with Gasteiger partial charge in [-0.25, -0.2) is 4.39 Å². The van der Waals surface area contributed by atoms with Gasteiger partial charge >= 0.3 is 5.97 Å². The van der Waals surface area contributed by atoms with Crippen LogP contribution in [0.2, 0.25) is 0 Å². The van der Waals surface area contributed by atoms with Crippen LogP contribution in [0.15, 0.2) is 33.3 Å². The highest BCUT2D eigenvalue weighted by Crippen LogP contribution is 2.48. The minimum atomic E-state index is -0.965. The van der Waals surface area contributed by atoms with E-state index in [4.69, 9.17) is 9.05 Å². The van der Waals surface area contributed by atoms with Crippen molar-refractivity contribution in [2.24, 2.45) is 5.92 Å². The summed E-state index contributed by atoms with van der Waals surface area (Å²) >= 11 is 0. The number of aliphatic carboxylic acids is 1. The summed E-state index contributed by atoms with van der Waals surface area (Å²) < 4.78 is 25.5. The summed E-state index contributed by atoms with van der Waals surface area (Å²) in [4.78, 5) is 24.2. The molecule has 192 valence electrons. The molecular formula is C27H32FN3O5. The molecule has 2 aromatic heterocycles. The van der Waals surface area contributed by atoms with E-state index in [0.717, 1.165) is 42.6 Å². The van der Waals surface area contributed by atoms with Crippen LogP contribution in [0.4, 0.5) is 10.1 Å². The molecule has 0 bridgehead atoms. The molecule has 2 N–H and O–H groups in total. The summed E-state index contributed by atoms with van der Waals surface area (Å²) in [7, 11) is 0. The maximum atomic E-state index is 14.3. The Kier molecular flexibility index (Phi) is 7.86. The first-order valence-electron chi connectivity index (χ1n) is 12.4. The summed E-state index contributed by atoms with van der Waals surface area (Å²) in [5, 5.41) is 20.4. The van der Waals surface area contributed by atoms with E-state index in [2.05, 4.69) is 29.5 Å². The fraction of sp³-hybridized carbons (Fsp3) is 0.481. The molecular weight excluding hydrogens is 465 g/mol. The number of aromatic nitrogens is 2. The largest absolute Gasteiger partial charge is 0.481 e. The van der Waals surface area contributed by atoms with E-state index in [1.807, 2.05) is 6.07 Å². The Labute approximate surface area is 209 Å². The van der Waals surface area contributed by atoms with Crippen molar-refractivity contribution in [1.29, 1.82) is 0 Å². The van der Waals surface area contributed by atoms with Gasteiger partial charge in [0.15, 0.2) is 11.5 Å². The molecule has 1 amide bonds. The molecule has 0 saturated heterocycles. The van der Waals surface area contributed by atoms with Gasteiger partial charge in [0.25, 0.3) is 0 Å². The first-order chi connectivity index (χ1) is 17.2. The zero-order valence-electron chi connectivity index (χ0n) is 20.8. The number of carbonyl (C=O) groups is 2. The third-order valence-electron chi connectivity index (χ3n) is 6.42. The molecule has 1 aromatic carbocycles. The third kappa shape index (κ3) is 6.38. The molecule has 9 heteroatoms. The fourth-order valence-electron chi connectivity index (χ4n) is 4.30. The quantitative estimate of drug-likeness (QED) is 0.305. The maximum Gasteiger partial charge on any atom is 0.303 e. The summed E-state index contributed by atoms with van der Waals surface area (Å²) in [5.41, 5.74) is 2.82. The van der Waals surface area contributed by atoms with Crippen LogP contribution in [0.1, 0.15) is 86.8 Å². The molecule has 1 aliphatic rings. The van der Waals surface area contributed by atoms with E-state index >= 15 is 0 Å². The topological polar surface area (TPSA) is 118 Å². The third-order valence-corrected chi connectivity index (χ3v) is 6.42. The van der Waals surface area contributed by atoms with Crippen LogP contribution in [0.3, 0.4) is 0 Å². The standard InChI is InChI=1S/C27H32FN3O5/c1-15(2)4-9-19-14-22(30-35-19)27-25(17-6-7-17)26(31-36-27)18(8-11-24(33)34)13-23(32)29-21-10-5-16(3)12-20(21)28/h5,10,12,14-15,17-18H,4,6-9,11,13H2,1-3H3,(H,29,32)(H,33,34)/t18-/m0/s1. The second-order valence-electron chi connectivity index (χ2n) is 10.1.